The van der Waals surface area contributed by atoms with Crippen molar-refractivity contribution in [1.82, 2.24) is 10.6 Å². The minimum atomic E-state index is -0.284. The Hall–Kier alpha value is -2.63. The summed E-state index contributed by atoms with van der Waals surface area (Å²) in [4.78, 5) is 34.8. The van der Waals surface area contributed by atoms with Crippen LogP contribution >= 0.6 is 0 Å². The van der Waals surface area contributed by atoms with Crippen LogP contribution in [0.3, 0.4) is 0 Å². The van der Waals surface area contributed by atoms with E-state index in [2.05, 4.69) is 22.5 Å². The molecule has 1 aliphatic carbocycles. The molecule has 1 aromatic rings. The molecule has 1 aromatic carbocycles. The summed E-state index contributed by atoms with van der Waals surface area (Å²) in [6, 6.07) is 7.22. The van der Waals surface area contributed by atoms with E-state index in [0.717, 1.165) is 31.2 Å². The summed E-state index contributed by atoms with van der Waals surface area (Å²) < 4.78 is 0. The first-order chi connectivity index (χ1) is 11.6. The number of anilines is 1. The van der Waals surface area contributed by atoms with Gasteiger partial charge in [-0.05, 0) is 36.6 Å². The van der Waals surface area contributed by atoms with E-state index in [1.54, 1.807) is 24.3 Å². The lowest BCUT2D eigenvalue weighted by molar-refractivity contribution is -0.126. The van der Waals surface area contributed by atoms with Gasteiger partial charge in [0, 0.05) is 11.7 Å². The Balaban J connectivity index is 1.72. The number of carbonyl (C=O) groups is 3. The maximum Gasteiger partial charge on any atom is 0.247 e. The van der Waals surface area contributed by atoms with Gasteiger partial charge in [-0.15, -0.1) is 0 Å². The van der Waals surface area contributed by atoms with Crippen LogP contribution in [0.15, 0.2) is 36.9 Å². The van der Waals surface area contributed by atoms with Crippen LogP contribution in [0.1, 0.15) is 31.2 Å². The van der Waals surface area contributed by atoms with Gasteiger partial charge >= 0.3 is 0 Å². The van der Waals surface area contributed by atoms with Crippen molar-refractivity contribution >= 4 is 23.4 Å². The standard InChI is InChI=1S/C18H23N3O3/c1-2-16(22)20-15-9-7-13(8-10-15)11-17(23)19-12-18(24)21-14-5-3-4-6-14/h2,7-10,14H,1,3-6,11-12H2,(H,19,23)(H,20,22)(H,21,24). The monoisotopic (exact) mass is 329 g/mol. The number of amides is 3. The molecular weight excluding hydrogens is 306 g/mol. The van der Waals surface area contributed by atoms with Gasteiger partial charge in [0.1, 0.15) is 0 Å². The lowest BCUT2D eigenvalue weighted by Gasteiger charge is -2.12. The van der Waals surface area contributed by atoms with E-state index in [1.165, 1.54) is 6.08 Å². The highest BCUT2D eigenvalue weighted by Gasteiger charge is 2.17. The lowest BCUT2D eigenvalue weighted by atomic mass is 10.1. The fourth-order valence-corrected chi connectivity index (χ4v) is 2.67. The Labute approximate surface area is 141 Å². The third-order valence-corrected chi connectivity index (χ3v) is 3.94. The second-order valence-electron chi connectivity index (χ2n) is 5.89. The molecule has 0 aliphatic heterocycles. The topological polar surface area (TPSA) is 87.3 Å². The Bertz CT molecular complexity index is 604. The first-order valence-corrected chi connectivity index (χ1v) is 8.15. The molecule has 0 radical (unpaired) electrons. The fourth-order valence-electron chi connectivity index (χ4n) is 2.67. The van der Waals surface area contributed by atoms with Gasteiger partial charge in [-0.1, -0.05) is 31.6 Å². The third-order valence-electron chi connectivity index (χ3n) is 3.94. The number of carbonyl (C=O) groups excluding carboxylic acids is 3. The van der Waals surface area contributed by atoms with Gasteiger partial charge in [0.15, 0.2) is 0 Å². The highest BCUT2D eigenvalue weighted by atomic mass is 16.2. The van der Waals surface area contributed by atoms with Crippen molar-refractivity contribution in [3.63, 3.8) is 0 Å². The maximum absolute atomic E-state index is 11.9. The number of rotatable bonds is 7. The predicted octanol–water partition coefficient (Wildman–Crippen LogP) is 1.53. The van der Waals surface area contributed by atoms with E-state index in [9.17, 15) is 14.4 Å². The molecule has 0 spiro atoms. The van der Waals surface area contributed by atoms with Crippen molar-refractivity contribution in [3.05, 3.63) is 42.5 Å². The average Bonchev–Trinajstić information content (AvgIpc) is 3.07. The van der Waals surface area contributed by atoms with E-state index in [0.29, 0.717) is 5.69 Å². The van der Waals surface area contributed by atoms with Crippen LogP contribution in [0, 0.1) is 0 Å². The second-order valence-corrected chi connectivity index (χ2v) is 5.89. The van der Waals surface area contributed by atoms with Crippen LogP contribution in [0.2, 0.25) is 0 Å². The van der Waals surface area contributed by atoms with Crippen LogP contribution in [-0.4, -0.2) is 30.3 Å². The second kappa shape index (κ2) is 8.86. The quantitative estimate of drug-likeness (QED) is 0.663. The molecule has 0 bridgehead atoms. The molecule has 3 N–H and O–H groups in total. The van der Waals surface area contributed by atoms with Crippen LogP contribution in [-0.2, 0) is 20.8 Å². The van der Waals surface area contributed by atoms with E-state index in [1.807, 2.05) is 0 Å². The van der Waals surface area contributed by atoms with Crippen LogP contribution in [0.5, 0.6) is 0 Å². The SMILES string of the molecule is C=CC(=O)Nc1ccc(CC(=O)NCC(=O)NC2CCCC2)cc1. The van der Waals surface area contributed by atoms with Gasteiger partial charge in [0.05, 0.1) is 13.0 Å². The first-order valence-electron chi connectivity index (χ1n) is 8.15. The molecule has 6 nitrogen and oxygen atoms in total. The molecule has 6 heteroatoms. The zero-order chi connectivity index (χ0) is 17.4. The van der Waals surface area contributed by atoms with Gasteiger partial charge < -0.3 is 16.0 Å². The van der Waals surface area contributed by atoms with Gasteiger partial charge in [0.25, 0.3) is 0 Å². The zero-order valence-corrected chi connectivity index (χ0v) is 13.6. The molecule has 128 valence electrons. The third kappa shape index (κ3) is 5.87. The minimum absolute atomic E-state index is 0.00279. The van der Waals surface area contributed by atoms with Crippen molar-refractivity contribution in [3.8, 4) is 0 Å². The van der Waals surface area contributed by atoms with Crippen LogP contribution < -0.4 is 16.0 Å². The van der Waals surface area contributed by atoms with Crippen molar-refractivity contribution in [2.45, 2.75) is 38.1 Å². The Kier molecular flexibility index (Phi) is 6.54. The Morgan fingerprint density at radius 2 is 1.75 bits per heavy atom. The zero-order valence-electron chi connectivity index (χ0n) is 13.6. The summed E-state index contributed by atoms with van der Waals surface area (Å²) in [5, 5.41) is 8.19. The minimum Gasteiger partial charge on any atom is -0.352 e. The molecule has 0 saturated heterocycles. The van der Waals surface area contributed by atoms with Gasteiger partial charge in [-0.2, -0.15) is 0 Å². The van der Waals surface area contributed by atoms with Crippen LogP contribution in [0.25, 0.3) is 0 Å². The molecule has 1 saturated carbocycles. The van der Waals surface area contributed by atoms with E-state index in [-0.39, 0.29) is 36.7 Å². The van der Waals surface area contributed by atoms with Gasteiger partial charge in [0.2, 0.25) is 17.7 Å². The molecule has 24 heavy (non-hydrogen) atoms. The number of nitrogens with one attached hydrogen (secondary N) is 3. The van der Waals surface area contributed by atoms with Crippen molar-refractivity contribution < 1.29 is 14.4 Å². The Morgan fingerprint density at radius 3 is 2.38 bits per heavy atom. The number of hydrogen-bond acceptors (Lipinski definition) is 3. The van der Waals surface area contributed by atoms with E-state index in [4.69, 9.17) is 0 Å². The number of benzene rings is 1. The van der Waals surface area contributed by atoms with Crippen molar-refractivity contribution in [2.24, 2.45) is 0 Å². The molecule has 0 heterocycles. The predicted molar refractivity (Wildman–Crippen MR) is 92.4 cm³/mol. The normalized spacial score (nSPS) is 14.0. The van der Waals surface area contributed by atoms with Gasteiger partial charge in [-0.3, -0.25) is 14.4 Å². The van der Waals surface area contributed by atoms with Crippen molar-refractivity contribution in [1.29, 1.82) is 0 Å². The first kappa shape index (κ1) is 17.7. The highest BCUT2D eigenvalue weighted by Crippen LogP contribution is 2.17. The smallest absolute Gasteiger partial charge is 0.247 e. The Morgan fingerprint density at radius 1 is 1.08 bits per heavy atom. The number of hydrogen-bond donors (Lipinski definition) is 3. The molecule has 3 amide bonds. The van der Waals surface area contributed by atoms with Crippen LogP contribution in [0.4, 0.5) is 5.69 Å². The van der Waals surface area contributed by atoms with E-state index < -0.39 is 0 Å². The molecule has 0 atom stereocenters. The molecule has 0 unspecified atom stereocenters. The molecular formula is C18H23N3O3. The summed E-state index contributed by atoms with van der Waals surface area (Å²) in [5.74, 6) is -0.633. The average molecular weight is 329 g/mol. The molecule has 2 rings (SSSR count). The molecule has 0 aromatic heterocycles. The summed E-state index contributed by atoms with van der Waals surface area (Å²) in [6.07, 6.45) is 5.73. The maximum atomic E-state index is 11.9. The lowest BCUT2D eigenvalue weighted by Crippen LogP contribution is -2.41. The highest BCUT2D eigenvalue weighted by molar-refractivity contribution is 5.98. The molecule has 1 aliphatic rings. The molecule has 1 fully saturated rings. The summed E-state index contributed by atoms with van der Waals surface area (Å²) in [7, 11) is 0. The summed E-state index contributed by atoms with van der Waals surface area (Å²) in [5.41, 5.74) is 1.44. The fraction of sp³-hybridized carbons (Fsp3) is 0.389. The van der Waals surface area contributed by atoms with Crippen molar-refractivity contribution in [2.75, 3.05) is 11.9 Å². The van der Waals surface area contributed by atoms with Gasteiger partial charge in [-0.25, -0.2) is 0 Å². The van der Waals surface area contributed by atoms with E-state index >= 15 is 0 Å². The summed E-state index contributed by atoms with van der Waals surface area (Å²) >= 11 is 0. The summed E-state index contributed by atoms with van der Waals surface area (Å²) in [6.45, 7) is 3.39. The largest absolute Gasteiger partial charge is 0.352 e.